The van der Waals surface area contributed by atoms with Crippen LogP contribution in [0.4, 0.5) is 0 Å². The summed E-state index contributed by atoms with van der Waals surface area (Å²) in [6, 6.07) is 36.3. The third-order valence-corrected chi connectivity index (χ3v) is 6.07. The zero-order chi connectivity index (χ0) is 28.5. The number of allylic oxidation sites excluding steroid dienone is 8. The van der Waals surface area contributed by atoms with Crippen LogP contribution in [0.3, 0.4) is 0 Å². The average Bonchev–Trinajstić information content (AvgIpc) is 3.00. The maximum Gasteiger partial charge on any atom is -0.0181 e. The van der Waals surface area contributed by atoms with Crippen LogP contribution in [0.25, 0.3) is 33.4 Å². The Morgan fingerprint density at radius 3 is 1.59 bits per heavy atom. The van der Waals surface area contributed by atoms with E-state index in [9.17, 15) is 0 Å². The van der Waals surface area contributed by atoms with Gasteiger partial charge < -0.3 is 0 Å². The molecule has 4 aromatic rings. The minimum absolute atomic E-state index is 1.15. The monoisotopic (exact) mass is 510 g/mol. The molecule has 0 bridgehead atoms. The van der Waals surface area contributed by atoms with Crippen molar-refractivity contribution in [1.82, 2.24) is 0 Å². The lowest BCUT2D eigenvalue weighted by Crippen LogP contribution is -1.84. The van der Waals surface area contributed by atoms with Crippen molar-refractivity contribution in [2.45, 2.75) is 34.6 Å². The van der Waals surface area contributed by atoms with Gasteiger partial charge in [0.1, 0.15) is 0 Å². The summed E-state index contributed by atoms with van der Waals surface area (Å²) in [5, 5.41) is 0. The topological polar surface area (TPSA) is 0 Å². The van der Waals surface area contributed by atoms with Gasteiger partial charge in [-0.3, -0.25) is 0 Å². The second-order valence-electron chi connectivity index (χ2n) is 8.70. The van der Waals surface area contributed by atoms with E-state index in [1.165, 1.54) is 44.5 Å². The minimum Gasteiger partial charge on any atom is -0.0990 e. The molecule has 0 heterocycles. The van der Waals surface area contributed by atoms with Crippen LogP contribution in [0.5, 0.6) is 0 Å². The Balaban J connectivity index is 0.000000258. The lowest BCUT2D eigenvalue weighted by Gasteiger charge is -2.05. The summed E-state index contributed by atoms with van der Waals surface area (Å²) >= 11 is 0. The van der Waals surface area contributed by atoms with E-state index < -0.39 is 0 Å². The van der Waals surface area contributed by atoms with E-state index in [2.05, 4.69) is 129 Å². The molecule has 0 aromatic heterocycles. The van der Waals surface area contributed by atoms with Crippen molar-refractivity contribution in [3.8, 4) is 22.3 Å². The molecule has 0 N–H and O–H groups in total. The van der Waals surface area contributed by atoms with Crippen LogP contribution in [0, 0.1) is 6.92 Å². The zero-order valence-electron chi connectivity index (χ0n) is 24.2. The van der Waals surface area contributed by atoms with Gasteiger partial charge in [-0.05, 0) is 65.3 Å². The van der Waals surface area contributed by atoms with Gasteiger partial charge >= 0.3 is 0 Å². The molecule has 0 aliphatic carbocycles. The molecule has 4 rings (SSSR count). The molecular formula is C39H42. The van der Waals surface area contributed by atoms with Crippen molar-refractivity contribution < 1.29 is 0 Å². The number of hydrogen-bond acceptors (Lipinski definition) is 0. The Bertz CT molecular complexity index is 1380. The summed E-state index contributed by atoms with van der Waals surface area (Å²) in [7, 11) is 0. The number of benzene rings is 4. The molecule has 0 saturated carbocycles. The molecule has 0 saturated heterocycles. The average molecular weight is 511 g/mol. The Morgan fingerprint density at radius 2 is 1.10 bits per heavy atom. The van der Waals surface area contributed by atoms with E-state index in [4.69, 9.17) is 0 Å². The van der Waals surface area contributed by atoms with E-state index >= 15 is 0 Å². The summed E-state index contributed by atoms with van der Waals surface area (Å²) in [6.45, 7) is 17.7. The largest absolute Gasteiger partial charge is 0.0990 e. The Hall–Kier alpha value is -4.42. The van der Waals surface area contributed by atoms with Crippen LogP contribution in [-0.4, -0.2) is 0 Å². The summed E-state index contributed by atoms with van der Waals surface area (Å²) < 4.78 is 0. The smallest absolute Gasteiger partial charge is 0.0181 e. The molecule has 0 spiro atoms. The molecule has 0 atom stereocenters. The quantitative estimate of drug-likeness (QED) is 0.217. The van der Waals surface area contributed by atoms with Gasteiger partial charge in [0.25, 0.3) is 0 Å². The highest BCUT2D eigenvalue weighted by Gasteiger charge is 2.01. The molecule has 198 valence electrons. The number of rotatable bonds is 7. The normalized spacial score (nSPS) is 11.1. The predicted octanol–water partition coefficient (Wildman–Crippen LogP) is 11.8. The highest BCUT2D eigenvalue weighted by Crippen LogP contribution is 2.25. The van der Waals surface area contributed by atoms with Gasteiger partial charge in [-0.15, -0.1) is 0 Å². The maximum atomic E-state index is 3.82. The van der Waals surface area contributed by atoms with Crippen molar-refractivity contribution in [2.75, 3.05) is 0 Å². The molecule has 0 aliphatic rings. The number of aryl methyl sites for hydroxylation is 1. The first-order valence-corrected chi connectivity index (χ1v) is 13.7. The summed E-state index contributed by atoms with van der Waals surface area (Å²) in [5.41, 5.74) is 11.1. The molecule has 0 aliphatic heterocycles. The molecular weight excluding hydrogens is 468 g/mol. The van der Waals surface area contributed by atoms with Crippen LogP contribution in [-0.2, 0) is 0 Å². The van der Waals surface area contributed by atoms with Gasteiger partial charge in [-0.25, -0.2) is 0 Å². The fourth-order valence-corrected chi connectivity index (χ4v) is 4.12. The van der Waals surface area contributed by atoms with E-state index in [1.54, 1.807) is 0 Å². The zero-order valence-corrected chi connectivity index (χ0v) is 24.2. The first-order chi connectivity index (χ1) is 19.1. The van der Waals surface area contributed by atoms with Gasteiger partial charge in [0.05, 0.1) is 0 Å². The van der Waals surface area contributed by atoms with Crippen LogP contribution in [0.15, 0.2) is 153 Å². The highest BCUT2D eigenvalue weighted by atomic mass is 14.1. The van der Waals surface area contributed by atoms with Crippen LogP contribution in [0.2, 0.25) is 0 Å². The van der Waals surface area contributed by atoms with Gasteiger partial charge in [0, 0.05) is 0 Å². The molecule has 0 radical (unpaired) electrons. The predicted molar refractivity (Wildman–Crippen MR) is 177 cm³/mol. The third kappa shape index (κ3) is 9.43. The minimum atomic E-state index is 1.15. The Morgan fingerprint density at radius 1 is 0.590 bits per heavy atom. The Labute approximate surface area is 237 Å². The van der Waals surface area contributed by atoms with Gasteiger partial charge in [-0.1, -0.05) is 172 Å². The molecule has 0 unspecified atom stereocenters. The standard InChI is InChI=1S/C19H16.C18H20.C2H6/c1-15-6-5-9-19(14-15)18-12-10-17(11-13-18)16-7-3-2-4-8-16;1-5-9-16(10-6-2)18-13-11-17(12-14-18)15(7-3)8-4;1-2/h2-14H,1H3;5-14H,1,3H2,2,4H3;1-2H3/b;10-6-,15-8+,16-9+;. The molecule has 0 fully saturated rings. The van der Waals surface area contributed by atoms with Crippen LogP contribution in [0.1, 0.15) is 44.4 Å². The molecule has 39 heavy (non-hydrogen) atoms. The van der Waals surface area contributed by atoms with Crippen LogP contribution < -0.4 is 0 Å². The molecule has 0 amide bonds. The van der Waals surface area contributed by atoms with Gasteiger partial charge in [0.2, 0.25) is 0 Å². The number of hydrogen-bond donors (Lipinski definition) is 0. The maximum absolute atomic E-state index is 3.82. The third-order valence-electron chi connectivity index (χ3n) is 6.07. The molecule has 0 heteroatoms. The fourth-order valence-electron chi connectivity index (χ4n) is 4.12. The van der Waals surface area contributed by atoms with Gasteiger partial charge in [-0.2, -0.15) is 0 Å². The van der Waals surface area contributed by atoms with Crippen molar-refractivity contribution in [3.05, 3.63) is 169 Å². The highest BCUT2D eigenvalue weighted by molar-refractivity contribution is 5.78. The van der Waals surface area contributed by atoms with Crippen molar-refractivity contribution >= 4 is 11.1 Å². The summed E-state index contributed by atoms with van der Waals surface area (Å²) in [5.74, 6) is 0. The van der Waals surface area contributed by atoms with Crippen molar-refractivity contribution in [1.29, 1.82) is 0 Å². The lowest BCUT2D eigenvalue weighted by molar-refractivity contribution is 1.47. The summed E-state index contributed by atoms with van der Waals surface area (Å²) in [4.78, 5) is 0. The molecule has 4 aromatic carbocycles. The Kier molecular flexibility index (Phi) is 13.6. The van der Waals surface area contributed by atoms with E-state index in [1.807, 2.05) is 58.1 Å². The fraction of sp³-hybridized carbons (Fsp3) is 0.128. The first-order valence-electron chi connectivity index (χ1n) is 13.7. The summed E-state index contributed by atoms with van der Waals surface area (Å²) in [6.07, 6.45) is 11.9. The lowest BCUT2D eigenvalue weighted by atomic mass is 9.99. The van der Waals surface area contributed by atoms with E-state index in [-0.39, 0.29) is 0 Å². The molecule has 0 nitrogen and oxygen atoms in total. The second kappa shape index (κ2) is 17.2. The van der Waals surface area contributed by atoms with E-state index in [0.29, 0.717) is 0 Å². The van der Waals surface area contributed by atoms with Crippen molar-refractivity contribution in [3.63, 3.8) is 0 Å². The van der Waals surface area contributed by atoms with E-state index in [0.717, 1.165) is 5.57 Å². The second-order valence-corrected chi connectivity index (χ2v) is 8.70. The van der Waals surface area contributed by atoms with Crippen LogP contribution >= 0.6 is 0 Å². The SMILES string of the molecule is C=C/C=C(\C=C/C)c1ccc(/C(C=C)=C/C)cc1.CC.Cc1cccc(-c2ccc(-c3ccccc3)cc2)c1. The first kappa shape index (κ1) is 30.8. The van der Waals surface area contributed by atoms with Gasteiger partial charge in [0.15, 0.2) is 0 Å². The van der Waals surface area contributed by atoms with Crippen molar-refractivity contribution in [2.24, 2.45) is 0 Å².